The van der Waals surface area contributed by atoms with E-state index < -0.39 is 6.10 Å². The number of hydrogen-bond acceptors (Lipinski definition) is 3. The fourth-order valence-electron chi connectivity index (χ4n) is 2.38. The normalized spacial score (nSPS) is 22.1. The molecule has 1 aromatic rings. The van der Waals surface area contributed by atoms with Crippen molar-refractivity contribution in [2.45, 2.75) is 38.3 Å². The first-order valence-electron chi connectivity index (χ1n) is 6.46. The van der Waals surface area contributed by atoms with E-state index in [1.807, 2.05) is 31.2 Å². The molecule has 17 heavy (non-hydrogen) atoms. The molecule has 1 saturated heterocycles. The van der Waals surface area contributed by atoms with Gasteiger partial charge in [0, 0.05) is 11.6 Å². The summed E-state index contributed by atoms with van der Waals surface area (Å²) in [4.78, 5) is 0. The molecule has 0 amide bonds. The van der Waals surface area contributed by atoms with E-state index in [1.54, 1.807) is 0 Å². The molecule has 0 aromatic heterocycles. The zero-order chi connectivity index (χ0) is 12.1. The largest absolute Gasteiger partial charge is 0.493 e. The van der Waals surface area contributed by atoms with Gasteiger partial charge >= 0.3 is 0 Å². The van der Waals surface area contributed by atoms with Crippen LogP contribution in [0.4, 0.5) is 0 Å². The predicted molar refractivity (Wildman–Crippen MR) is 68.2 cm³/mol. The van der Waals surface area contributed by atoms with Crippen molar-refractivity contribution in [2.75, 3.05) is 13.2 Å². The molecule has 3 heteroatoms. The third kappa shape index (κ3) is 2.99. The van der Waals surface area contributed by atoms with E-state index in [-0.39, 0.29) is 6.04 Å². The van der Waals surface area contributed by atoms with Crippen molar-refractivity contribution in [2.24, 2.45) is 0 Å². The van der Waals surface area contributed by atoms with Crippen molar-refractivity contribution in [1.82, 2.24) is 5.32 Å². The van der Waals surface area contributed by atoms with Crippen LogP contribution in [0, 0.1) is 0 Å². The quantitative estimate of drug-likeness (QED) is 0.841. The maximum Gasteiger partial charge on any atom is 0.125 e. The van der Waals surface area contributed by atoms with Crippen molar-refractivity contribution in [1.29, 1.82) is 0 Å². The van der Waals surface area contributed by atoms with Crippen molar-refractivity contribution in [3.05, 3.63) is 29.8 Å². The van der Waals surface area contributed by atoms with Gasteiger partial charge in [-0.05, 0) is 32.4 Å². The second-order valence-electron chi connectivity index (χ2n) is 4.47. The van der Waals surface area contributed by atoms with Crippen LogP contribution in [0.15, 0.2) is 24.3 Å². The number of nitrogens with one attached hydrogen (secondary N) is 1. The van der Waals surface area contributed by atoms with Crippen LogP contribution < -0.4 is 10.1 Å². The van der Waals surface area contributed by atoms with Crippen molar-refractivity contribution in [3.8, 4) is 5.75 Å². The summed E-state index contributed by atoms with van der Waals surface area (Å²) in [6, 6.07) is 7.92. The van der Waals surface area contributed by atoms with Crippen molar-refractivity contribution >= 4 is 0 Å². The molecule has 0 radical (unpaired) electrons. The molecule has 0 aliphatic carbocycles. The molecule has 0 spiro atoms. The lowest BCUT2D eigenvalue weighted by Gasteiger charge is -2.29. The standard InChI is InChI=1S/C14H21NO2/c1-2-17-13-9-4-3-7-11(13)14(16)12-8-5-6-10-15-12/h3-4,7,9,12,14-16H,2,5-6,8,10H2,1H3. The Hall–Kier alpha value is -1.06. The highest BCUT2D eigenvalue weighted by Gasteiger charge is 2.24. The number of rotatable bonds is 4. The Morgan fingerprint density at radius 3 is 2.94 bits per heavy atom. The van der Waals surface area contributed by atoms with Crippen LogP contribution in [0.25, 0.3) is 0 Å². The second kappa shape index (κ2) is 6.03. The summed E-state index contributed by atoms with van der Waals surface area (Å²) in [5.74, 6) is 0.801. The van der Waals surface area contributed by atoms with Gasteiger partial charge in [-0.2, -0.15) is 0 Å². The first kappa shape index (κ1) is 12.4. The Morgan fingerprint density at radius 1 is 1.41 bits per heavy atom. The number of benzene rings is 1. The van der Waals surface area contributed by atoms with Gasteiger partial charge < -0.3 is 15.2 Å². The van der Waals surface area contributed by atoms with E-state index in [0.29, 0.717) is 6.61 Å². The number of aliphatic hydroxyl groups excluding tert-OH is 1. The molecule has 1 aliphatic heterocycles. The van der Waals surface area contributed by atoms with Crippen LogP contribution in [0.1, 0.15) is 37.9 Å². The molecule has 2 rings (SSSR count). The van der Waals surface area contributed by atoms with E-state index in [0.717, 1.165) is 24.3 Å². The number of aliphatic hydroxyl groups is 1. The van der Waals surface area contributed by atoms with Crippen LogP contribution in [0.5, 0.6) is 5.75 Å². The zero-order valence-corrected chi connectivity index (χ0v) is 10.4. The fourth-order valence-corrected chi connectivity index (χ4v) is 2.38. The first-order valence-corrected chi connectivity index (χ1v) is 6.46. The van der Waals surface area contributed by atoms with Gasteiger partial charge in [-0.1, -0.05) is 24.6 Å². The minimum absolute atomic E-state index is 0.158. The Balaban J connectivity index is 2.14. The Labute approximate surface area is 103 Å². The number of ether oxygens (including phenoxy) is 1. The van der Waals surface area contributed by atoms with Crippen molar-refractivity contribution in [3.63, 3.8) is 0 Å². The van der Waals surface area contributed by atoms with Crippen molar-refractivity contribution < 1.29 is 9.84 Å². The van der Waals surface area contributed by atoms with E-state index in [1.165, 1.54) is 12.8 Å². The van der Waals surface area contributed by atoms with Gasteiger partial charge in [0.2, 0.25) is 0 Å². The average Bonchev–Trinajstić information content (AvgIpc) is 2.40. The maximum atomic E-state index is 10.4. The topological polar surface area (TPSA) is 41.5 Å². The Morgan fingerprint density at radius 2 is 2.24 bits per heavy atom. The molecular formula is C14H21NO2. The van der Waals surface area contributed by atoms with Crippen LogP contribution in [-0.2, 0) is 0 Å². The highest BCUT2D eigenvalue weighted by atomic mass is 16.5. The van der Waals surface area contributed by atoms with E-state index >= 15 is 0 Å². The van der Waals surface area contributed by atoms with Crippen LogP contribution in [0.3, 0.4) is 0 Å². The summed E-state index contributed by atoms with van der Waals surface area (Å²) >= 11 is 0. The van der Waals surface area contributed by atoms with Gasteiger partial charge in [0.1, 0.15) is 5.75 Å². The molecule has 94 valence electrons. The molecule has 3 nitrogen and oxygen atoms in total. The summed E-state index contributed by atoms with van der Waals surface area (Å²) in [6.07, 6.45) is 2.95. The lowest BCUT2D eigenvalue weighted by molar-refractivity contribution is 0.110. The lowest BCUT2D eigenvalue weighted by Crippen LogP contribution is -2.38. The van der Waals surface area contributed by atoms with Gasteiger partial charge in [0.25, 0.3) is 0 Å². The van der Waals surface area contributed by atoms with Gasteiger partial charge in [0.05, 0.1) is 12.7 Å². The Bertz CT molecular complexity index is 348. The molecule has 0 saturated carbocycles. The van der Waals surface area contributed by atoms with Crippen LogP contribution in [0.2, 0.25) is 0 Å². The summed E-state index contributed by atoms with van der Waals surface area (Å²) in [5.41, 5.74) is 0.897. The van der Waals surface area contributed by atoms with E-state index in [4.69, 9.17) is 4.74 Å². The zero-order valence-electron chi connectivity index (χ0n) is 10.4. The van der Waals surface area contributed by atoms with E-state index in [9.17, 15) is 5.11 Å². The first-order chi connectivity index (χ1) is 8.33. The molecule has 2 atom stereocenters. The Kier molecular flexibility index (Phi) is 4.40. The smallest absolute Gasteiger partial charge is 0.125 e. The molecule has 1 aromatic carbocycles. The monoisotopic (exact) mass is 235 g/mol. The third-order valence-corrected chi connectivity index (χ3v) is 3.27. The van der Waals surface area contributed by atoms with Gasteiger partial charge in [-0.25, -0.2) is 0 Å². The predicted octanol–water partition coefficient (Wildman–Crippen LogP) is 2.26. The van der Waals surface area contributed by atoms with Crippen LogP contribution >= 0.6 is 0 Å². The number of hydrogen-bond donors (Lipinski definition) is 2. The molecule has 1 heterocycles. The third-order valence-electron chi connectivity index (χ3n) is 3.27. The molecular weight excluding hydrogens is 214 g/mol. The second-order valence-corrected chi connectivity index (χ2v) is 4.47. The summed E-state index contributed by atoms with van der Waals surface area (Å²) in [5, 5.41) is 13.8. The number of para-hydroxylation sites is 1. The maximum absolute atomic E-state index is 10.4. The SMILES string of the molecule is CCOc1ccccc1C(O)C1CCCCN1. The van der Waals surface area contributed by atoms with E-state index in [2.05, 4.69) is 5.32 Å². The molecule has 1 aliphatic rings. The summed E-state index contributed by atoms with van der Waals surface area (Å²) in [7, 11) is 0. The van der Waals surface area contributed by atoms with Gasteiger partial charge in [0.15, 0.2) is 0 Å². The minimum atomic E-state index is -0.474. The fraction of sp³-hybridized carbons (Fsp3) is 0.571. The lowest BCUT2D eigenvalue weighted by atomic mass is 9.94. The highest BCUT2D eigenvalue weighted by Crippen LogP contribution is 2.29. The molecule has 2 unspecified atom stereocenters. The summed E-state index contributed by atoms with van der Waals surface area (Å²) in [6.45, 7) is 3.59. The van der Waals surface area contributed by atoms with Gasteiger partial charge in [-0.3, -0.25) is 0 Å². The number of piperidine rings is 1. The van der Waals surface area contributed by atoms with Gasteiger partial charge in [-0.15, -0.1) is 0 Å². The molecule has 2 N–H and O–H groups in total. The van der Waals surface area contributed by atoms with Crippen LogP contribution in [-0.4, -0.2) is 24.3 Å². The molecule has 0 bridgehead atoms. The minimum Gasteiger partial charge on any atom is -0.493 e. The summed E-state index contributed by atoms with van der Waals surface area (Å²) < 4.78 is 5.56. The average molecular weight is 235 g/mol. The molecule has 1 fully saturated rings. The highest BCUT2D eigenvalue weighted by molar-refractivity contribution is 5.35.